The first-order valence-electron chi connectivity index (χ1n) is 11.1. The molecule has 3 aromatic rings. The number of anilines is 1. The number of ether oxygens (including phenoxy) is 1. The van der Waals surface area contributed by atoms with Gasteiger partial charge in [-0.3, -0.25) is 9.59 Å². The van der Waals surface area contributed by atoms with Crippen LogP contribution >= 0.6 is 0 Å². The van der Waals surface area contributed by atoms with Crippen LogP contribution in [0.25, 0.3) is 11.3 Å². The van der Waals surface area contributed by atoms with E-state index in [1.807, 2.05) is 15.7 Å². The number of carbonyl (C=O) groups is 1. The van der Waals surface area contributed by atoms with E-state index in [9.17, 15) is 18.0 Å². The third kappa shape index (κ3) is 4.51. The predicted molar refractivity (Wildman–Crippen MR) is 131 cm³/mol. The van der Waals surface area contributed by atoms with Gasteiger partial charge in [-0.15, -0.1) is 0 Å². The first-order chi connectivity index (χ1) is 16.6. The summed E-state index contributed by atoms with van der Waals surface area (Å²) in [5.41, 5.74) is 0.0834. The second-order valence-electron chi connectivity index (χ2n) is 8.92. The molecule has 0 bridgehead atoms. The summed E-state index contributed by atoms with van der Waals surface area (Å²) in [6.07, 6.45) is 3.80. The fraction of sp³-hybridized carbons (Fsp3) is 0.333. The lowest BCUT2D eigenvalue weighted by Crippen LogP contribution is -2.44. The van der Waals surface area contributed by atoms with Crippen molar-refractivity contribution in [2.45, 2.75) is 37.6 Å². The smallest absolute Gasteiger partial charge is 0.269 e. The molecule has 2 N–H and O–H groups in total. The second kappa shape index (κ2) is 9.14. The number of rotatable bonds is 6. The van der Waals surface area contributed by atoms with Gasteiger partial charge in [-0.25, -0.2) is 23.1 Å². The summed E-state index contributed by atoms with van der Waals surface area (Å²) in [6, 6.07) is 9.22. The molecule has 0 aromatic carbocycles. The van der Waals surface area contributed by atoms with Gasteiger partial charge in [0.25, 0.3) is 21.5 Å². The van der Waals surface area contributed by atoms with Gasteiger partial charge < -0.3 is 14.6 Å². The zero-order valence-electron chi connectivity index (χ0n) is 19.9. The Morgan fingerprint density at radius 1 is 1.23 bits per heavy atom. The van der Waals surface area contributed by atoms with Crippen molar-refractivity contribution in [1.29, 1.82) is 0 Å². The van der Waals surface area contributed by atoms with E-state index >= 15 is 0 Å². The van der Waals surface area contributed by atoms with Crippen molar-refractivity contribution in [2.75, 3.05) is 18.6 Å². The molecule has 1 fully saturated rings. The van der Waals surface area contributed by atoms with Crippen LogP contribution in [-0.2, 0) is 10.0 Å². The molecule has 1 amide bonds. The lowest BCUT2D eigenvalue weighted by Gasteiger charge is -2.36. The zero-order valence-corrected chi connectivity index (χ0v) is 20.7. The molecule has 1 aliphatic heterocycles. The van der Waals surface area contributed by atoms with E-state index in [4.69, 9.17) is 9.72 Å². The first-order valence-corrected chi connectivity index (χ1v) is 12.6. The minimum absolute atomic E-state index is 0.0784. The molecule has 4 heterocycles. The summed E-state index contributed by atoms with van der Waals surface area (Å²) in [6.45, 7) is 6.89. The van der Waals surface area contributed by atoms with Crippen molar-refractivity contribution in [2.24, 2.45) is 5.92 Å². The van der Waals surface area contributed by atoms with E-state index in [0.29, 0.717) is 35.4 Å². The van der Waals surface area contributed by atoms with Crippen LogP contribution in [0, 0.1) is 5.92 Å². The lowest BCUT2D eigenvalue weighted by molar-refractivity contribution is 0.0981. The summed E-state index contributed by atoms with van der Waals surface area (Å²) < 4.78 is 33.0. The molecule has 4 rings (SSSR count). The maximum Gasteiger partial charge on any atom is 0.269 e. The second-order valence-corrected chi connectivity index (χ2v) is 10.6. The Kier molecular flexibility index (Phi) is 6.37. The fourth-order valence-electron chi connectivity index (χ4n) is 4.19. The van der Waals surface area contributed by atoms with Gasteiger partial charge in [-0.05, 0) is 62.6 Å². The minimum Gasteiger partial charge on any atom is -0.481 e. The number of aromatic amines is 1. The fourth-order valence-corrected chi connectivity index (χ4v) is 5.21. The van der Waals surface area contributed by atoms with Crippen molar-refractivity contribution >= 4 is 21.7 Å². The van der Waals surface area contributed by atoms with E-state index in [2.05, 4.69) is 30.7 Å². The molecule has 0 radical (unpaired) electrons. The molecule has 10 nitrogen and oxygen atoms in total. The maximum atomic E-state index is 13.3. The molecular formula is C24H27N5O5S. The number of nitrogens with zero attached hydrogens (tertiary/aromatic N) is 3. The number of aromatic nitrogens is 3. The molecular weight excluding hydrogens is 470 g/mol. The van der Waals surface area contributed by atoms with E-state index in [1.54, 1.807) is 18.3 Å². The Labute approximate surface area is 203 Å². The van der Waals surface area contributed by atoms with Gasteiger partial charge in [0.2, 0.25) is 5.88 Å². The Morgan fingerprint density at radius 2 is 2.00 bits per heavy atom. The van der Waals surface area contributed by atoms with Gasteiger partial charge in [0.1, 0.15) is 5.82 Å². The normalized spacial score (nSPS) is 17.3. The molecule has 184 valence electrons. The van der Waals surface area contributed by atoms with Crippen LogP contribution in [0.15, 0.2) is 58.5 Å². The number of amides is 1. The van der Waals surface area contributed by atoms with Gasteiger partial charge in [0.15, 0.2) is 4.90 Å². The summed E-state index contributed by atoms with van der Waals surface area (Å²) in [4.78, 5) is 38.1. The highest BCUT2D eigenvalue weighted by Gasteiger charge is 2.41. The number of nitrogens with one attached hydrogen (secondary N) is 2. The molecule has 1 saturated heterocycles. The topological polar surface area (TPSA) is 134 Å². The summed E-state index contributed by atoms with van der Waals surface area (Å²) in [7, 11) is -2.90. The molecule has 3 aromatic heterocycles. The highest BCUT2D eigenvalue weighted by atomic mass is 32.2. The van der Waals surface area contributed by atoms with E-state index < -0.39 is 26.4 Å². The van der Waals surface area contributed by atoms with Crippen molar-refractivity contribution in [3.8, 4) is 17.1 Å². The summed E-state index contributed by atoms with van der Waals surface area (Å²) in [5, 5.41) is 0. The van der Waals surface area contributed by atoms with Crippen molar-refractivity contribution in [3.63, 3.8) is 0 Å². The third-order valence-electron chi connectivity index (χ3n) is 6.60. The number of H-pyrrole nitrogens is 1. The van der Waals surface area contributed by atoms with E-state index in [-0.39, 0.29) is 11.1 Å². The van der Waals surface area contributed by atoms with Crippen LogP contribution in [0.4, 0.5) is 5.82 Å². The highest BCUT2D eigenvalue weighted by molar-refractivity contribution is 7.90. The largest absolute Gasteiger partial charge is 0.481 e. The Balaban J connectivity index is 1.81. The number of methoxy groups -OCH3 is 1. The number of pyridine rings is 3. The Morgan fingerprint density at radius 3 is 2.66 bits per heavy atom. The van der Waals surface area contributed by atoms with Crippen molar-refractivity contribution < 1.29 is 17.9 Å². The Hall–Kier alpha value is -3.73. The van der Waals surface area contributed by atoms with E-state index in [0.717, 1.165) is 12.5 Å². The molecule has 11 heteroatoms. The van der Waals surface area contributed by atoms with Crippen LogP contribution in [-0.4, -0.2) is 48.5 Å². The van der Waals surface area contributed by atoms with Crippen molar-refractivity contribution in [1.82, 2.24) is 19.7 Å². The highest BCUT2D eigenvalue weighted by Crippen LogP contribution is 2.40. The van der Waals surface area contributed by atoms with Crippen LogP contribution in [0.5, 0.6) is 5.88 Å². The standard InChI is InChI=1S/C24H27N5O5S/c1-15-11-14-29(24(15,2)3)20-17(9-10-18(27-20)16-7-5-13-26-23(16)34-4)21(30)28-35(32,33)19-8-6-12-25-22(19)31/h5-10,12-13,15H,11,14H2,1-4H3,(H,25,31)(H,28,30). The summed E-state index contributed by atoms with van der Waals surface area (Å²) >= 11 is 0. The van der Waals surface area contributed by atoms with Crippen LogP contribution in [0.2, 0.25) is 0 Å². The Bertz CT molecular complexity index is 1430. The molecule has 0 saturated carbocycles. The van der Waals surface area contributed by atoms with Gasteiger partial charge >= 0.3 is 0 Å². The molecule has 1 unspecified atom stereocenters. The maximum absolute atomic E-state index is 13.3. The SMILES string of the molecule is COc1ncccc1-c1ccc(C(=O)NS(=O)(=O)c2ccc[nH]c2=O)c(N2CCC(C)C2(C)C)n1. The predicted octanol–water partition coefficient (Wildman–Crippen LogP) is 2.58. The zero-order chi connectivity index (χ0) is 25.4. The number of hydrogen-bond donors (Lipinski definition) is 2. The average molecular weight is 498 g/mol. The van der Waals surface area contributed by atoms with Crippen molar-refractivity contribution in [3.05, 3.63) is 64.7 Å². The first kappa shape index (κ1) is 24.4. The molecule has 35 heavy (non-hydrogen) atoms. The monoisotopic (exact) mass is 497 g/mol. The summed E-state index contributed by atoms with van der Waals surface area (Å²) in [5.74, 6) is 0.153. The van der Waals surface area contributed by atoms with Gasteiger partial charge in [-0.2, -0.15) is 0 Å². The third-order valence-corrected chi connectivity index (χ3v) is 7.96. The molecule has 1 aliphatic rings. The molecule has 1 atom stereocenters. The van der Waals surface area contributed by atoms with Crippen LogP contribution in [0.3, 0.4) is 0 Å². The number of hydrogen-bond acceptors (Lipinski definition) is 8. The van der Waals surface area contributed by atoms with Crippen LogP contribution in [0.1, 0.15) is 37.6 Å². The quantitative estimate of drug-likeness (QED) is 0.531. The van der Waals surface area contributed by atoms with Gasteiger partial charge in [0, 0.05) is 24.5 Å². The van der Waals surface area contributed by atoms with E-state index in [1.165, 1.54) is 25.4 Å². The average Bonchev–Trinajstić information content (AvgIpc) is 3.10. The molecule has 0 spiro atoms. The van der Waals surface area contributed by atoms with Gasteiger partial charge in [-0.1, -0.05) is 6.92 Å². The lowest BCUT2D eigenvalue weighted by atomic mass is 9.90. The number of carbonyl (C=O) groups excluding carboxylic acids is 1. The molecule has 0 aliphatic carbocycles. The van der Waals surface area contributed by atoms with Gasteiger partial charge in [0.05, 0.1) is 23.9 Å². The number of sulfonamides is 1. The minimum atomic E-state index is -4.41. The van der Waals surface area contributed by atoms with Crippen LogP contribution < -0.4 is 19.9 Å².